The largest absolute Gasteiger partial charge is 0.468 e. The summed E-state index contributed by atoms with van der Waals surface area (Å²) in [6, 6.07) is 5.10. The van der Waals surface area contributed by atoms with Gasteiger partial charge in [-0.3, -0.25) is 9.59 Å². The Bertz CT molecular complexity index is 441. The Balaban J connectivity index is 2.68. The van der Waals surface area contributed by atoms with Gasteiger partial charge in [-0.15, -0.1) is 0 Å². The summed E-state index contributed by atoms with van der Waals surface area (Å²) in [6.07, 6.45) is 3.62. The minimum Gasteiger partial charge on any atom is -0.468 e. The molecule has 0 atom stereocenters. The SMILES string of the molecule is C/C=C/c1cccc(C(=O)NCC(=O)OC)n1. The van der Waals surface area contributed by atoms with E-state index in [4.69, 9.17) is 0 Å². The van der Waals surface area contributed by atoms with Crippen LogP contribution in [0.1, 0.15) is 23.1 Å². The lowest BCUT2D eigenvalue weighted by Crippen LogP contribution is -2.30. The van der Waals surface area contributed by atoms with E-state index in [1.165, 1.54) is 7.11 Å². The minimum atomic E-state index is -0.497. The van der Waals surface area contributed by atoms with E-state index >= 15 is 0 Å². The van der Waals surface area contributed by atoms with Gasteiger partial charge < -0.3 is 10.1 Å². The molecule has 1 aromatic heterocycles. The van der Waals surface area contributed by atoms with E-state index in [9.17, 15) is 9.59 Å². The molecule has 1 N–H and O–H groups in total. The normalized spacial score (nSPS) is 10.2. The third kappa shape index (κ3) is 4.06. The summed E-state index contributed by atoms with van der Waals surface area (Å²) < 4.78 is 4.41. The summed E-state index contributed by atoms with van der Waals surface area (Å²) in [7, 11) is 1.26. The maximum Gasteiger partial charge on any atom is 0.325 e. The van der Waals surface area contributed by atoms with Crippen LogP contribution in [-0.2, 0) is 9.53 Å². The van der Waals surface area contributed by atoms with Crippen molar-refractivity contribution in [3.05, 3.63) is 35.7 Å². The van der Waals surface area contributed by atoms with Crippen LogP contribution in [0.3, 0.4) is 0 Å². The van der Waals surface area contributed by atoms with Gasteiger partial charge >= 0.3 is 5.97 Å². The highest BCUT2D eigenvalue weighted by Crippen LogP contribution is 2.01. The van der Waals surface area contributed by atoms with Gasteiger partial charge in [0.05, 0.1) is 12.8 Å². The van der Waals surface area contributed by atoms with Crippen LogP contribution in [0, 0.1) is 0 Å². The van der Waals surface area contributed by atoms with E-state index in [0.717, 1.165) is 0 Å². The van der Waals surface area contributed by atoms with Gasteiger partial charge in [0.2, 0.25) is 0 Å². The molecule has 17 heavy (non-hydrogen) atoms. The van der Waals surface area contributed by atoms with Crippen molar-refractivity contribution in [2.75, 3.05) is 13.7 Å². The first-order valence-corrected chi connectivity index (χ1v) is 5.12. The van der Waals surface area contributed by atoms with Crippen molar-refractivity contribution in [3.63, 3.8) is 0 Å². The van der Waals surface area contributed by atoms with Crippen LogP contribution in [0.15, 0.2) is 24.3 Å². The van der Waals surface area contributed by atoms with Gasteiger partial charge in [0, 0.05) is 0 Å². The Labute approximate surface area is 99.5 Å². The Morgan fingerprint density at radius 1 is 1.47 bits per heavy atom. The highest BCUT2D eigenvalue weighted by Gasteiger charge is 2.09. The molecular formula is C12H14N2O3. The topological polar surface area (TPSA) is 68.3 Å². The van der Waals surface area contributed by atoms with Crippen LogP contribution < -0.4 is 5.32 Å². The molecule has 0 saturated carbocycles. The standard InChI is InChI=1S/C12H14N2O3/c1-3-5-9-6-4-7-10(14-9)12(16)13-8-11(15)17-2/h3-7H,8H2,1-2H3,(H,13,16)/b5-3+. The number of ether oxygens (including phenoxy) is 1. The second-order valence-electron chi connectivity index (χ2n) is 3.21. The fourth-order valence-electron chi connectivity index (χ4n) is 1.16. The monoisotopic (exact) mass is 234 g/mol. The van der Waals surface area contributed by atoms with Crippen LogP contribution in [-0.4, -0.2) is 30.5 Å². The maximum atomic E-state index is 11.6. The number of carbonyl (C=O) groups excluding carboxylic acids is 2. The third-order valence-electron chi connectivity index (χ3n) is 1.96. The van der Waals surface area contributed by atoms with Crippen LogP contribution in [0.25, 0.3) is 6.08 Å². The van der Waals surface area contributed by atoms with Gasteiger partial charge in [-0.05, 0) is 25.1 Å². The minimum absolute atomic E-state index is 0.162. The summed E-state index contributed by atoms with van der Waals surface area (Å²) in [4.78, 5) is 26.6. The average molecular weight is 234 g/mol. The molecular weight excluding hydrogens is 220 g/mol. The molecule has 0 radical (unpaired) electrons. The van der Waals surface area contributed by atoms with Crippen molar-refractivity contribution in [1.29, 1.82) is 0 Å². The summed E-state index contributed by atoms with van der Waals surface area (Å²) in [5, 5.41) is 2.42. The highest BCUT2D eigenvalue weighted by molar-refractivity contribution is 5.94. The number of hydrogen-bond acceptors (Lipinski definition) is 4. The molecule has 0 fully saturated rings. The van der Waals surface area contributed by atoms with Crippen LogP contribution in [0.2, 0.25) is 0 Å². The first-order valence-electron chi connectivity index (χ1n) is 5.12. The van der Waals surface area contributed by atoms with E-state index in [-0.39, 0.29) is 12.2 Å². The molecule has 1 heterocycles. The predicted molar refractivity (Wildman–Crippen MR) is 63.3 cm³/mol. The summed E-state index contributed by atoms with van der Waals surface area (Å²) in [6.45, 7) is 1.70. The molecule has 0 aromatic carbocycles. The number of pyridine rings is 1. The molecule has 5 nitrogen and oxygen atoms in total. The zero-order valence-corrected chi connectivity index (χ0v) is 9.77. The van der Waals surface area contributed by atoms with Gasteiger partial charge in [-0.1, -0.05) is 12.1 Å². The van der Waals surface area contributed by atoms with Crippen LogP contribution in [0.4, 0.5) is 0 Å². The van der Waals surface area contributed by atoms with Crippen LogP contribution in [0.5, 0.6) is 0 Å². The Hall–Kier alpha value is -2.17. The Morgan fingerprint density at radius 3 is 2.88 bits per heavy atom. The summed E-state index contributed by atoms with van der Waals surface area (Å²) in [5.41, 5.74) is 0.961. The number of nitrogens with one attached hydrogen (secondary N) is 1. The molecule has 0 unspecified atom stereocenters. The third-order valence-corrected chi connectivity index (χ3v) is 1.96. The molecule has 90 valence electrons. The number of allylic oxidation sites excluding steroid dienone is 1. The van der Waals surface area contributed by atoms with Crippen molar-refractivity contribution in [1.82, 2.24) is 10.3 Å². The van der Waals surface area contributed by atoms with Gasteiger partial charge in [0.15, 0.2) is 0 Å². The van der Waals surface area contributed by atoms with Gasteiger partial charge in [-0.2, -0.15) is 0 Å². The second-order valence-corrected chi connectivity index (χ2v) is 3.21. The average Bonchev–Trinajstić information content (AvgIpc) is 2.36. The Morgan fingerprint density at radius 2 is 2.24 bits per heavy atom. The molecule has 0 aliphatic heterocycles. The van der Waals surface area contributed by atoms with E-state index < -0.39 is 11.9 Å². The predicted octanol–water partition coefficient (Wildman–Crippen LogP) is 1.02. The van der Waals surface area contributed by atoms with Gasteiger partial charge in [-0.25, -0.2) is 4.98 Å². The number of rotatable bonds is 4. The van der Waals surface area contributed by atoms with E-state index in [0.29, 0.717) is 5.69 Å². The fraction of sp³-hybridized carbons (Fsp3) is 0.250. The molecule has 1 rings (SSSR count). The van der Waals surface area contributed by atoms with Crippen molar-refractivity contribution in [2.24, 2.45) is 0 Å². The van der Waals surface area contributed by atoms with Gasteiger partial charge in [0.1, 0.15) is 12.2 Å². The zero-order valence-electron chi connectivity index (χ0n) is 9.77. The molecule has 0 aliphatic carbocycles. The first-order chi connectivity index (χ1) is 8.17. The second kappa shape index (κ2) is 6.42. The number of esters is 1. The summed E-state index contributed by atoms with van der Waals surface area (Å²) in [5.74, 6) is -0.898. The molecule has 0 bridgehead atoms. The highest BCUT2D eigenvalue weighted by atomic mass is 16.5. The number of amides is 1. The smallest absolute Gasteiger partial charge is 0.325 e. The number of hydrogen-bond donors (Lipinski definition) is 1. The van der Waals surface area contributed by atoms with E-state index in [1.54, 1.807) is 24.3 Å². The Kier molecular flexibility index (Phi) is 4.87. The number of methoxy groups -OCH3 is 1. The van der Waals surface area contributed by atoms with Crippen molar-refractivity contribution < 1.29 is 14.3 Å². The van der Waals surface area contributed by atoms with Crippen molar-refractivity contribution in [3.8, 4) is 0 Å². The van der Waals surface area contributed by atoms with Crippen LogP contribution >= 0.6 is 0 Å². The molecule has 1 amide bonds. The molecule has 5 heteroatoms. The molecule has 0 saturated heterocycles. The molecule has 0 spiro atoms. The molecule has 0 aliphatic rings. The lowest BCUT2D eigenvalue weighted by Gasteiger charge is -2.03. The van der Waals surface area contributed by atoms with E-state index in [2.05, 4.69) is 15.0 Å². The lowest BCUT2D eigenvalue weighted by atomic mass is 10.2. The molecule has 1 aromatic rings. The zero-order chi connectivity index (χ0) is 12.7. The maximum absolute atomic E-state index is 11.6. The summed E-state index contributed by atoms with van der Waals surface area (Å²) >= 11 is 0. The lowest BCUT2D eigenvalue weighted by molar-refractivity contribution is -0.139. The quantitative estimate of drug-likeness (QED) is 0.790. The number of aromatic nitrogens is 1. The number of nitrogens with zero attached hydrogens (tertiary/aromatic N) is 1. The fourth-order valence-corrected chi connectivity index (χ4v) is 1.16. The first kappa shape index (κ1) is 12.9. The number of carbonyl (C=O) groups is 2. The van der Waals surface area contributed by atoms with Crippen molar-refractivity contribution >= 4 is 18.0 Å². The van der Waals surface area contributed by atoms with Crippen molar-refractivity contribution in [2.45, 2.75) is 6.92 Å². The van der Waals surface area contributed by atoms with Gasteiger partial charge in [0.25, 0.3) is 5.91 Å². The van der Waals surface area contributed by atoms with E-state index in [1.807, 2.05) is 13.0 Å².